The molecule has 0 spiro atoms. The Labute approximate surface area is 123 Å². The molecular weight excluding hydrogens is 272 g/mol. The summed E-state index contributed by atoms with van der Waals surface area (Å²) in [5.74, 6) is -0.304. The molecule has 0 heterocycles. The zero-order chi connectivity index (χ0) is 15.5. The Morgan fingerprint density at radius 2 is 2.05 bits per heavy atom. The van der Waals surface area contributed by atoms with Gasteiger partial charge in [0.05, 0.1) is 10.5 Å². The van der Waals surface area contributed by atoms with E-state index < -0.39 is 10.5 Å². The van der Waals surface area contributed by atoms with Crippen molar-refractivity contribution in [1.29, 1.82) is 0 Å². The molecule has 0 aromatic heterocycles. The van der Waals surface area contributed by atoms with Gasteiger partial charge in [0, 0.05) is 24.2 Å². The molecular formula is C15H20N2O4. The SMILES string of the molecule is Cc1cc([N+](=O)[O-])ccc1C(=O)NCC1(O)CCCCC1. The number of non-ortho nitro benzene ring substituents is 1. The number of hydrogen-bond donors (Lipinski definition) is 2. The van der Waals surface area contributed by atoms with Crippen molar-refractivity contribution in [1.82, 2.24) is 5.32 Å². The highest BCUT2D eigenvalue weighted by molar-refractivity contribution is 5.95. The molecule has 2 N–H and O–H groups in total. The van der Waals surface area contributed by atoms with Crippen molar-refractivity contribution in [2.24, 2.45) is 0 Å². The summed E-state index contributed by atoms with van der Waals surface area (Å²) >= 11 is 0. The number of rotatable bonds is 4. The summed E-state index contributed by atoms with van der Waals surface area (Å²) in [7, 11) is 0. The number of benzene rings is 1. The molecule has 1 aromatic rings. The Balaban J connectivity index is 2.01. The van der Waals surface area contributed by atoms with Gasteiger partial charge in [0.2, 0.25) is 0 Å². The Bertz CT molecular complexity index is 551. The van der Waals surface area contributed by atoms with Crippen LogP contribution < -0.4 is 5.32 Å². The predicted molar refractivity (Wildman–Crippen MR) is 78.2 cm³/mol. The van der Waals surface area contributed by atoms with Gasteiger partial charge in [-0.3, -0.25) is 14.9 Å². The number of nitro benzene ring substituents is 1. The number of carbonyl (C=O) groups excluding carboxylic acids is 1. The summed E-state index contributed by atoms with van der Waals surface area (Å²) in [4.78, 5) is 22.3. The van der Waals surface area contributed by atoms with Crippen LogP contribution in [-0.4, -0.2) is 28.1 Å². The lowest BCUT2D eigenvalue weighted by molar-refractivity contribution is -0.384. The zero-order valence-electron chi connectivity index (χ0n) is 12.1. The normalized spacial score (nSPS) is 17.2. The van der Waals surface area contributed by atoms with Gasteiger partial charge < -0.3 is 10.4 Å². The fourth-order valence-corrected chi connectivity index (χ4v) is 2.74. The third kappa shape index (κ3) is 3.78. The summed E-state index contributed by atoms with van der Waals surface area (Å²) in [6.45, 7) is 1.89. The molecule has 1 aliphatic carbocycles. The number of nitrogens with one attached hydrogen (secondary N) is 1. The molecule has 21 heavy (non-hydrogen) atoms. The molecule has 114 valence electrons. The first-order valence-corrected chi connectivity index (χ1v) is 7.17. The molecule has 6 nitrogen and oxygen atoms in total. The third-order valence-electron chi connectivity index (χ3n) is 4.03. The molecule has 6 heteroatoms. The molecule has 1 aromatic carbocycles. The van der Waals surface area contributed by atoms with Gasteiger partial charge in [0.1, 0.15) is 0 Å². The largest absolute Gasteiger partial charge is 0.388 e. The van der Waals surface area contributed by atoms with Crippen molar-refractivity contribution in [3.8, 4) is 0 Å². The van der Waals surface area contributed by atoms with Gasteiger partial charge >= 0.3 is 0 Å². The number of hydrogen-bond acceptors (Lipinski definition) is 4. The molecule has 0 atom stereocenters. The monoisotopic (exact) mass is 292 g/mol. The lowest BCUT2D eigenvalue weighted by atomic mass is 9.85. The van der Waals surface area contributed by atoms with Crippen molar-refractivity contribution in [2.75, 3.05) is 6.54 Å². The second kappa shape index (κ2) is 6.22. The lowest BCUT2D eigenvalue weighted by Crippen LogP contribution is -2.44. The van der Waals surface area contributed by atoms with Crippen LogP contribution in [0.1, 0.15) is 48.0 Å². The van der Waals surface area contributed by atoms with E-state index in [0.717, 1.165) is 19.3 Å². The second-order valence-corrected chi connectivity index (χ2v) is 5.72. The van der Waals surface area contributed by atoms with Crippen LogP contribution in [0.5, 0.6) is 0 Å². The molecule has 1 fully saturated rings. The van der Waals surface area contributed by atoms with E-state index in [1.807, 2.05) is 0 Å². The molecule has 0 aliphatic heterocycles. The van der Waals surface area contributed by atoms with E-state index in [-0.39, 0.29) is 18.1 Å². The van der Waals surface area contributed by atoms with Gasteiger partial charge in [-0.1, -0.05) is 19.3 Å². The van der Waals surface area contributed by atoms with Crippen molar-refractivity contribution in [3.63, 3.8) is 0 Å². The molecule has 1 saturated carbocycles. The van der Waals surface area contributed by atoms with E-state index >= 15 is 0 Å². The molecule has 2 rings (SSSR count). The van der Waals surface area contributed by atoms with Crippen molar-refractivity contribution < 1.29 is 14.8 Å². The first-order valence-electron chi connectivity index (χ1n) is 7.17. The minimum absolute atomic E-state index is 0.0324. The Kier molecular flexibility index (Phi) is 4.57. The van der Waals surface area contributed by atoms with Crippen LogP contribution in [-0.2, 0) is 0 Å². The summed E-state index contributed by atoms with van der Waals surface area (Å²) in [5.41, 5.74) is 0.107. The molecule has 1 aliphatic rings. The minimum Gasteiger partial charge on any atom is -0.388 e. The van der Waals surface area contributed by atoms with E-state index in [9.17, 15) is 20.0 Å². The summed E-state index contributed by atoms with van der Waals surface area (Å²) in [6.07, 6.45) is 4.47. The number of aliphatic hydroxyl groups is 1. The number of nitrogens with zero attached hydrogens (tertiary/aromatic N) is 1. The molecule has 1 amide bonds. The maximum Gasteiger partial charge on any atom is 0.269 e. The van der Waals surface area contributed by atoms with Crippen LogP contribution in [0.15, 0.2) is 18.2 Å². The average molecular weight is 292 g/mol. The molecule has 0 radical (unpaired) electrons. The summed E-state index contributed by atoms with van der Waals surface area (Å²) < 4.78 is 0. The number of carbonyl (C=O) groups is 1. The van der Waals surface area contributed by atoms with Crippen LogP contribution >= 0.6 is 0 Å². The molecule has 0 saturated heterocycles. The van der Waals surface area contributed by atoms with Crippen molar-refractivity contribution in [2.45, 2.75) is 44.6 Å². The number of aryl methyl sites for hydroxylation is 1. The van der Waals surface area contributed by atoms with Crippen molar-refractivity contribution in [3.05, 3.63) is 39.4 Å². The number of amides is 1. The second-order valence-electron chi connectivity index (χ2n) is 5.72. The highest BCUT2D eigenvalue weighted by Crippen LogP contribution is 2.27. The Morgan fingerprint density at radius 1 is 1.38 bits per heavy atom. The zero-order valence-corrected chi connectivity index (χ0v) is 12.1. The smallest absolute Gasteiger partial charge is 0.269 e. The molecule has 0 bridgehead atoms. The molecule has 0 unspecified atom stereocenters. The lowest BCUT2D eigenvalue weighted by Gasteiger charge is -2.32. The van der Waals surface area contributed by atoms with Crippen LogP contribution in [0.4, 0.5) is 5.69 Å². The van der Waals surface area contributed by atoms with Gasteiger partial charge in [0.15, 0.2) is 0 Å². The predicted octanol–water partition coefficient (Wildman–Crippen LogP) is 2.33. The summed E-state index contributed by atoms with van der Waals surface area (Å²) in [5, 5.41) is 23.8. The topological polar surface area (TPSA) is 92.5 Å². The maximum absolute atomic E-state index is 12.1. The quantitative estimate of drug-likeness (QED) is 0.658. The van der Waals surface area contributed by atoms with Crippen LogP contribution in [0, 0.1) is 17.0 Å². The van der Waals surface area contributed by atoms with Gasteiger partial charge in [0.25, 0.3) is 11.6 Å². The highest BCUT2D eigenvalue weighted by atomic mass is 16.6. The standard InChI is InChI=1S/C15H20N2O4/c1-11-9-12(17(20)21)5-6-13(11)14(18)16-10-15(19)7-3-2-4-8-15/h5-6,9,19H,2-4,7-8,10H2,1H3,(H,16,18). The fraction of sp³-hybridized carbons (Fsp3) is 0.533. The van der Waals surface area contributed by atoms with E-state index in [4.69, 9.17) is 0 Å². The Morgan fingerprint density at radius 3 is 2.62 bits per heavy atom. The third-order valence-corrected chi connectivity index (χ3v) is 4.03. The maximum atomic E-state index is 12.1. The fourth-order valence-electron chi connectivity index (χ4n) is 2.74. The van der Waals surface area contributed by atoms with Gasteiger partial charge in [-0.25, -0.2) is 0 Å². The van der Waals surface area contributed by atoms with E-state index in [2.05, 4.69) is 5.32 Å². The van der Waals surface area contributed by atoms with Gasteiger partial charge in [-0.05, 0) is 31.4 Å². The average Bonchev–Trinajstić information content (AvgIpc) is 2.45. The van der Waals surface area contributed by atoms with Crippen LogP contribution in [0.25, 0.3) is 0 Å². The van der Waals surface area contributed by atoms with E-state index in [1.54, 1.807) is 6.92 Å². The van der Waals surface area contributed by atoms with Crippen LogP contribution in [0.3, 0.4) is 0 Å². The first kappa shape index (κ1) is 15.4. The minimum atomic E-state index is -0.817. The van der Waals surface area contributed by atoms with Crippen LogP contribution in [0.2, 0.25) is 0 Å². The first-order chi connectivity index (χ1) is 9.91. The highest BCUT2D eigenvalue weighted by Gasteiger charge is 2.29. The number of nitro groups is 1. The summed E-state index contributed by atoms with van der Waals surface area (Å²) in [6, 6.07) is 4.15. The van der Waals surface area contributed by atoms with E-state index in [1.165, 1.54) is 18.2 Å². The van der Waals surface area contributed by atoms with Gasteiger partial charge in [-0.15, -0.1) is 0 Å². The van der Waals surface area contributed by atoms with Gasteiger partial charge in [-0.2, -0.15) is 0 Å². The van der Waals surface area contributed by atoms with Crippen molar-refractivity contribution >= 4 is 11.6 Å². The van der Waals surface area contributed by atoms with E-state index in [0.29, 0.717) is 24.0 Å². The Hall–Kier alpha value is -1.95.